The third-order valence-corrected chi connectivity index (χ3v) is 7.20. The highest BCUT2D eigenvalue weighted by Crippen LogP contribution is 2.63. The minimum absolute atomic E-state index is 0.00933. The third kappa shape index (κ3) is 2.49. The summed E-state index contributed by atoms with van der Waals surface area (Å²) < 4.78 is 5.21. The zero-order valence-corrected chi connectivity index (χ0v) is 15.4. The Morgan fingerprint density at radius 1 is 1.30 bits per heavy atom. The monoisotopic (exact) mass is 316 g/mol. The Morgan fingerprint density at radius 2 is 2.04 bits per heavy atom. The Labute approximate surface area is 141 Å². The number of carbonyl (C=O) groups is 1. The van der Waals surface area contributed by atoms with Crippen LogP contribution in [0.1, 0.15) is 66.2 Å². The van der Waals surface area contributed by atoms with Crippen LogP contribution in [0.5, 0.6) is 0 Å². The van der Waals surface area contributed by atoms with Crippen LogP contribution in [0.25, 0.3) is 0 Å². The minimum Gasteiger partial charge on any atom is -0.469 e. The van der Waals surface area contributed by atoms with Crippen molar-refractivity contribution in [2.75, 3.05) is 7.11 Å². The number of rotatable bonds is 2. The van der Waals surface area contributed by atoms with E-state index >= 15 is 0 Å². The van der Waals surface area contributed by atoms with Gasteiger partial charge in [-0.1, -0.05) is 44.9 Å². The predicted octanol–water partition coefficient (Wildman–Crippen LogP) is 5.29. The molecule has 0 radical (unpaired) electrons. The molecular weight excluding hydrogens is 284 g/mol. The molecule has 0 saturated heterocycles. The average molecular weight is 316 g/mol. The number of methoxy groups -OCH3 is 1. The first-order chi connectivity index (χ1) is 10.8. The molecule has 0 aliphatic heterocycles. The van der Waals surface area contributed by atoms with Crippen LogP contribution < -0.4 is 0 Å². The topological polar surface area (TPSA) is 26.3 Å². The number of allylic oxidation sites excluding steroid dienone is 4. The fraction of sp³-hybridized carbons (Fsp3) is 0.762. The molecule has 0 spiro atoms. The summed E-state index contributed by atoms with van der Waals surface area (Å²) in [5, 5.41) is 0. The first-order valence-electron chi connectivity index (χ1n) is 9.32. The molecule has 0 bridgehead atoms. The minimum atomic E-state index is -0.296. The van der Waals surface area contributed by atoms with Crippen molar-refractivity contribution in [3.05, 3.63) is 23.3 Å². The summed E-state index contributed by atoms with van der Waals surface area (Å²) in [7, 11) is 1.55. The lowest BCUT2D eigenvalue weighted by Crippen LogP contribution is -2.53. The van der Waals surface area contributed by atoms with E-state index in [1.165, 1.54) is 12.0 Å². The van der Waals surface area contributed by atoms with E-state index < -0.39 is 0 Å². The molecule has 2 saturated carbocycles. The van der Waals surface area contributed by atoms with Gasteiger partial charge < -0.3 is 4.74 Å². The maximum absolute atomic E-state index is 12.5. The van der Waals surface area contributed by atoms with Crippen molar-refractivity contribution in [2.45, 2.75) is 66.2 Å². The molecule has 128 valence electrons. The van der Waals surface area contributed by atoms with Gasteiger partial charge in [-0.25, -0.2) is 0 Å². The highest BCUT2D eigenvalue weighted by molar-refractivity contribution is 5.77. The van der Waals surface area contributed by atoms with Crippen LogP contribution >= 0.6 is 0 Å². The van der Waals surface area contributed by atoms with Gasteiger partial charge in [-0.15, -0.1) is 0 Å². The average Bonchev–Trinajstić information content (AvgIpc) is 2.53. The van der Waals surface area contributed by atoms with Gasteiger partial charge in [0.05, 0.1) is 12.5 Å². The summed E-state index contributed by atoms with van der Waals surface area (Å²) in [4.78, 5) is 12.5. The highest BCUT2D eigenvalue weighted by Gasteiger charge is 2.58. The van der Waals surface area contributed by atoms with Gasteiger partial charge in [0.1, 0.15) is 0 Å². The Hall–Kier alpha value is -1.05. The van der Waals surface area contributed by atoms with Crippen LogP contribution in [-0.2, 0) is 9.53 Å². The molecule has 3 rings (SSSR count). The number of esters is 1. The van der Waals surface area contributed by atoms with Crippen molar-refractivity contribution < 1.29 is 9.53 Å². The molecular formula is C21H32O2. The maximum atomic E-state index is 12.5. The lowest BCUT2D eigenvalue weighted by Gasteiger charge is -2.58. The number of hydrogen-bond acceptors (Lipinski definition) is 2. The van der Waals surface area contributed by atoms with Crippen LogP contribution in [-0.4, -0.2) is 13.1 Å². The highest BCUT2D eigenvalue weighted by atomic mass is 16.5. The summed E-state index contributed by atoms with van der Waals surface area (Å²) in [5.74, 6) is 1.69. The molecule has 2 nitrogen and oxygen atoms in total. The lowest BCUT2D eigenvalue weighted by atomic mass is 9.46. The Morgan fingerprint density at radius 3 is 2.70 bits per heavy atom. The molecule has 0 aromatic rings. The van der Waals surface area contributed by atoms with E-state index in [9.17, 15) is 4.79 Å². The zero-order chi connectivity index (χ0) is 16.8. The van der Waals surface area contributed by atoms with Crippen molar-refractivity contribution in [1.82, 2.24) is 0 Å². The predicted molar refractivity (Wildman–Crippen MR) is 93.9 cm³/mol. The van der Waals surface area contributed by atoms with Crippen LogP contribution in [0.15, 0.2) is 23.3 Å². The third-order valence-electron chi connectivity index (χ3n) is 7.20. The summed E-state index contributed by atoms with van der Waals surface area (Å²) in [5.41, 5.74) is 3.09. The van der Waals surface area contributed by atoms with Gasteiger partial charge in [0.15, 0.2) is 0 Å². The van der Waals surface area contributed by atoms with Crippen molar-refractivity contribution in [3.8, 4) is 0 Å². The molecule has 0 N–H and O–H groups in total. The van der Waals surface area contributed by atoms with E-state index in [1.54, 1.807) is 12.7 Å². The maximum Gasteiger partial charge on any atom is 0.311 e. The van der Waals surface area contributed by atoms with Crippen molar-refractivity contribution >= 4 is 5.97 Å². The second-order valence-corrected chi connectivity index (χ2v) is 8.73. The van der Waals surface area contributed by atoms with E-state index in [1.807, 2.05) is 0 Å². The Balaban J connectivity index is 1.94. The van der Waals surface area contributed by atoms with E-state index in [0.29, 0.717) is 17.8 Å². The molecule has 3 unspecified atom stereocenters. The molecule has 0 aromatic heterocycles. The molecule has 23 heavy (non-hydrogen) atoms. The number of hydrogen-bond donors (Lipinski definition) is 0. The second-order valence-electron chi connectivity index (χ2n) is 8.73. The Bertz CT molecular complexity index is 556. The Kier molecular flexibility index (Phi) is 4.23. The molecule has 0 amide bonds. The number of fused-ring (bicyclic) bond motifs is 3. The smallest absolute Gasteiger partial charge is 0.311 e. The molecule has 3 aliphatic carbocycles. The fourth-order valence-electron chi connectivity index (χ4n) is 5.89. The van der Waals surface area contributed by atoms with Crippen molar-refractivity contribution in [3.63, 3.8) is 0 Å². The molecule has 2 heteroatoms. The largest absolute Gasteiger partial charge is 0.469 e. The van der Waals surface area contributed by atoms with Crippen LogP contribution in [0.2, 0.25) is 0 Å². The standard InChI is InChI=1S/C21H32O2/c1-14(2)15-7-9-17-16(13-15)8-10-18-20(17,3)11-6-12-21(18,4)19(22)23-5/h7,13-14,17-18H,6,8-12H2,1-5H3/t17?,18?,20?,21-/m1/s1. The molecule has 0 heterocycles. The first-order valence-corrected chi connectivity index (χ1v) is 9.32. The summed E-state index contributed by atoms with van der Waals surface area (Å²) in [6.07, 6.45) is 11.8. The van der Waals surface area contributed by atoms with Gasteiger partial charge in [-0.2, -0.15) is 0 Å². The van der Waals surface area contributed by atoms with E-state index in [-0.39, 0.29) is 16.8 Å². The van der Waals surface area contributed by atoms with Crippen molar-refractivity contribution in [2.24, 2.45) is 28.6 Å². The van der Waals surface area contributed by atoms with Gasteiger partial charge in [-0.05, 0) is 67.8 Å². The van der Waals surface area contributed by atoms with E-state index in [0.717, 1.165) is 32.1 Å². The summed E-state index contributed by atoms with van der Waals surface area (Å²) >= 11 is 0. The van der Waals surface area contributed by atoms with Gasteiger partial charge in [-0.3, -0.25) is 4.79 Å². The molecule has 0 aromatic carbocycles. The van der Waals surface area contributed by atoms with Gasteiger partial charge >= 0.3 is 5.97 Å². The summed E-state index contributed by atoms with van der Waals surface area (Å²) in [6, 6.07) is 0. The van der Waals surface area contributed by atoms with Crippen molar-refractivity contribution in [1.29, 1.82) is 0 Å². The van der Waals surface area contributed by atoms with Crippen LogP contribution in [0.4, 0.5) is 0 Å². The number of carbonyl (C=O) groups excluding carboxylic acids is 1. The fourth-order valence-corrected chi connectivity index (χ4v) is 5.89. The molecule has 2 fully saturated rings. The van der Waals surface area contributed by atoms with Crippen LogP contribution in [0.3, 0.4) is 0 Å². The molecule has 4 atom stereocenters. The van der Waals surface area contributed by atoms with E-state index in [2.05, 4.69) is 39.8 Å². The SMILES string of the molecule is COC(=O)[C@]1(C)CCCC2(C)C3CC=C(C(C)C)C=C3CCC21. The quantitative estimate of drug-likeness (QED) is 0.647. The van der Waals surface area contributed by atoms with E-state index in [4.69, 9.17) is 4.74 Å². The molecule has 3 aliphatic rings. The first kappa shape index (κ1) is 16.8. The summed E-state index contributed by atoms with van der Waals surface area (Å²) in [6.45, 7) is 9.18. The van der Waals surface area contributed by atoms with Crippen LogP contribution in [0, 0.1) is 28.6 Å². The lowest BCUT2D eigenvalue weighted by molar-refractivity contribution is -0.167. The normalized spacial score (nSPS) is 39.9. The number of ether oxygens (including phenoxy) is 1. The van der Waals surface area contributed by atoms with Gasteiger partial charge in [0.25, 0.3) is 0 Å². The van der Waals surface area contributed by atoms with Gasteiger partial charge in [0.2, 0.25) is 0 Å². The van der Waals surface area contributed by atoms with Gasteiger partial charge in [0, 0.05) is 0 Å². The second kappa shape index (κ2) is 5.79. The zero-order valence-electron chi connectivity index (χ0n) is 15.4.